The van der Waals surface area contributed by atoms with Crippen molar-refractivity contribution in [3.63, 3.8) is 0 Å². The normalized spacial score (nSPS) is 20.7. The standard InChI is InChI=1S/C24H26N4O3/c1-31-20-6-5-16(12-19(20)29)14-28-11-3-8-24(15-28)9-7-18-21(24)26-22(27-23(18)30)17-4-2-10-25-13-17/h2,4-6,10,12-13,29H,3,7-9,11,14-15H2,1H3,(H,26,27,30). The van der Waals surface area contributed by atoms with Crippen LogP contribution >= 0.6 is 0 Å². The van der Waals surface area contributed by atoms with E-state index in [2.05, 4.69) is 14.9 Å². The number of fused-ring (bicyclic) bond motifs is 2. The Balaban J connectivity index is 1.44. The van der Waals surface area contributed by atoms with Gasteiger partial charge in [0.05, 0.1) is 12.8 Å². The van der Waals surface area contributed by atoms with Crippen molar-refractivity contribution in [2.75, 3.05) is 20.2 Å². The number of methoxy groups -OCH3 is 1. The van der Waals surface area contributed by atoms with E-state index in [0.717, 1.165) is 67.7 Å². The Morgan fingerprint density at radius 1 is 1.29 bits per heavy atom. The zero-order valence-corrected chi connectivity index (χ0v) is 17.6. The molecule has 0 amide bonds. The largest absolute Gasteiger partial charge is 0.504 e. The molecule has 2 aromatic heterocycles. The van der Waals surface area contributed by atoms with E-state index in [9.17, 15) is 9.90 Å². The Labute approximate surface area is 180 Å². The molecule has 0 saturated carbocycles. The van der Waals surface area contributed by atoms with E-state index in [1.165, 1.54) is 0 Å². The first-order valence-corrected chi connectivity index (χ1v) is 10.7. The molecule has 1 spiro atoms. The summed E-state index contributed by atoms with van der Waals surface area (Å²) in [5, 5.41) is 10.1. The molecule has 1 aliphatic heterocycles. The van der Waals surface area contributed by atoms with Gasteiger partial charge in [-0.2, -0.15) is 0 Å². The topological polar surface area (TPSA) is 91.3 Å². The summed E-state index contributed by atoms with van der Waals surface area (Å²) in [6.45, 7) is 2.59. The van der Waals surface area contributed by atoms with Crippen LogP contribution in [0.4, 0.5) is 0 Å². The first-order chi connectivity index (χ1) is 15.1. The first kappa shape index (κ1) is 19.8. The number of likely N-dealkylation sites (tertiary alicyclic amines) is 1. The summed E-state index contributed by atoms with van der Waals surface area (Å²) in [5.74, 6) is 1.23. The Morgan fingerprint density at radius 3 is 2.97 bits per heavy atom. The molecule has 1 aliphatic carbocycles. The summed E-state index contributed by atoms with van der Waals surface area (Å²) in [7, 11) is 1.55. The zero-order chi connectivity index (χ0) is 21.4. The molecule has 160 valence electrons. The van der Waals surface area contributed by atoms with Crippen molar-refractivity contribution < 1.29 is 9.84 Å². The van der Waals surface area contributed by atoms with Crippen molar-refractivity contribution in [3.05, 3.63) is 69.9 Å². The second kappa shape index (κ2) is 7.81. The molecule has 2 aliphatic rings. The van der Waals surface area contributed by atoms with E-state index in [1.54, 1.807) is 31.6 Å². The van der Waals surface area contributed by atoms with Crippen LogP contribution in [0, 0.1) is 0 Å². The fourth-order valence-electron chi connectivity index (χ4n) is 5.14. The van der Waals surface area contributed by atoms with Gasteiger partial charge in [-0.3, -0.25) is 14.7 Å². The summed E-state index contributed by atoms with van der Waals surface area (Å²) in [4.78, 5) is 27.3. The van der Waals surface area contributed by atoms with Gasteiger partial charge in [0.25, 0.3) is 5.56 Å². The third-order valence-corrected chi connectivity index (χ3v) is 6.61. The molecular weight excluding hydrogens is 392 g/mol. The van der Waals surface area contributed by atoms with Crippen LogP contribution in [0.25, 0.3) is 11.4 Å². The number of aromatic amines is 1. The van der Waals surface area contributed by atoms with Crippen LogP contribution in [-0.4, -0.2) is 45.2 Å². The third kappa shape index (κ3) is 3.59. The number of pyridine rings is 1. The molecule has 7 heteroatoms. The number of H-pyrrole nitrogens is 1. The number of rotatable bonds is 4. The summed E-state index contributed by atoms with van der Waals surface area (Å²) >= 11 is 0. The van der Waals surface area contributed by atoms with Crippen LogP contribution in [0.3, 0.4) is 0 Å². The highest BCUT2D eigenvalue weighted by molar-refractivity contribution is 5.54. The monoisotopic (exact) mass is 418 g/mol. The summed E-state index contributed by atoms with van der Waals surface area (Å²) < 4.78 is 5.16. The lowest BCUT2D eigenvalue weighted by molar-refractivity contribution is 0.136. The fraction of sp³-hybridized carbons (Fsp3) is 0.375. The Hall–Kier alpha value is -3.19. The van der Waals surface area contributed by atoms with Gasteiger partial charge in [0.1, 0.15) is 5.82 Å². The van der Waals surface area contributed by atoms with Crippen LogP contribution < -0.4 is 10.3 Å². The smallest absolute Gasteiger partial charge is 0.254 e. The molecule has 1 unspecified atom stereocenters. The molecule has 0 bridgehead atoms. The van der Waals surface area contributed by atoms with Gasteiger partial charge in [-0.1, -0.05) is 6.07 Å². The Kier molecular flexibility index (Phi) is 4.98. The fourth-order valence-corrected chi connectivity index (χ4v) is 5.14. The van der Waals surface area contributed by atoms with Crippen molar-refractivity contribution in [2.45, 2.75) is 37.6 Å². The minimum Gasteiger partial charge on any atom is -0.504 e. The number of aromatic nitrogens is 3. The maximum atomic E-state index is 12.8. The van der Waals surface area contributed by atoms with Crippen LogP contribution in [0.5, 0.6) is 11.5 Å². The number of phenols is 1. The molecule has 3 heterocycles. The summed E-state index contributed by atoms with van der Waals surface area (Å²) in [5.41, 5.74) is 3.52. The van der Waals surface area contributed by atoms with Crippen LogP contribution in [-0.2, 0) is 18.4 Å². The number of benzene rings is 1. The van der Waals surface area contributed by atoms with Crippen LogP contribution in [0.15, 0.2) is 47.5 Å². The SMILES string of the molecule is COc1ccc(CN2CCCC3(CCc4c3nc(-c3cccnc3)[nH]c4=O)C2)cc1O. The molecule has 1 fully saturated rings. The molecule has 31 heavy (non-hydrogen) atoms. The van der Waals surface area contributed by atoms with Crippen molar-refractivity contribution in [1.29, 1.82) is 0 Å². The summed E-state index contributed by atoms with van der Waals surface area (Å²) in [6.07, 6.45) is 7.25. The lowest BCUT2D eigenvalue weighted by atomic mass is 9.77. The molecule has 1 saturated heterocycles. The predicted molar refractivity (Wildman–Crippen MR) is 117 cm³/mol. The number of piperidine rings is 1. The average molecular weight is 418 g/mol. The van der Waals surface area contributed by atoms with Crippen molar-refractivity contribution in [1.82, 2.24) is 19.9 Å². The molecule has 7 nitrogen and oxygen atoms in total. The van der Waals surface area contributed by atoms with E-state index >= 15 is 0 Å². The number of hydrogen-bond acceptors (Lipinski definition) is 6. The summed E-state index contributed by atoms with van der Waals surface area (Å²) in [6, 6.07) is 9.34. The molecule has 1 atom stereocenters. The highest BCUT2D eigenvalue weighted by Gasteiger charge is 2.44. The molecule has 0 radical (unpaired) electrons. The number of hydrogen-bond donors (Lipinski definition) is 2. The van der Waals surface area contributed by atoms with Gasteiger partial charge >= 0.3 is 0 Å². The van der Waals surface area contributed by atoms with Crippen molar-refractivity contribution in [3.8, 4) is 22.9 Å². The lowest BCUT2D eigenvalue weighted by Crippen LogP contribution is -2.45. The molecule has 2 N–H and O–H groups in total. The maximum absolute atomic E-state index is 12.8. The van der Waals surface area contributed by atoms with E-state index < -0.39 is 0 Å². The minimum absolute atomic E-state index is 0.0297. The second-order valence-corrected chi connectivity index (χ2v) is 8.58. The number of aromatic hydroxyl groups is 1. The highest BCUT2D eigenvalue weighted by atomic mass is 16.5. The first-order valence-electron chi connectivity index (χ1n) is 10.7. The number of ether oxygens (including phenoxy) is 1. The van der Waals surface area contributed by atoms with Gasteiger partial charge < -0.3 is 14.8 Å². The van der Waals surface area contributed by atoms with Crippen LogP contribution in [0.1, 0.15) is 36.1 Å². The van der Waals surface area contributed by atoms with Crippen molar-refractivity contribution >= 4 is 0 Å². The van der Waals surface area contributed by atoms with E-state index in [0.29, 0.717) is 11.6 Å². The lowest BCUT2D eigenvalue weighted by Gasteiger charge is -2.40. The minimum atomic E-state index is -0.104. The van der Waals surface area contributed by atoms with Crippen LogP contribution in [0.2, 0.25) is 0 Å². The van der Waals surface area contributed by atoms with E-state index in [-0.39, 0.29) is 16.7 Å². The zero-order valence-electron chi connectivity index (χ0n) is 17.6. The molecule has 1 aromatic carbocycles. The number of phenolic OH excluding ortho intramolecular Hbond substituents is 1. The molecule has 5 rings (SSSR count). The highest BCUT2D eigenvalue weighted by Crippen LogP contribution is 2.43. The van der Waals surface area contributed by atoms with Gasteiger partial charge in [-0.05, 0) is 62.1 Å². The maximum Gasteiger partial charge on any atom is 0.254 e. The number of nitrogens with one attached hydrogen (secondary N) is 1. The molecule has 3 aromatic rings. The Bertz CT molecular complexity index is 1160. The van der Waals surface area contributed by atoms with Gasteiger partial charge in [-0.15, -0.1) is 0 Å². The van der Waals surface area contributed by atoms with Gasteiger partial charge in [0.15, 0.2) is 11.5 Å². The van der Waals surface area contributed by atoms with E-state index in [4.69, 9.17) is 9.72 Å². The predicted octanol–water partition coefficient (Wildman–Crippen LogP) is 3.03. The quantitative estimate of drug-likeness (QED) is 0.677. The Morgan fingerprint density at radius 2 is 2.19 bits per heavy atom. The average Bonchev–Trinajstić information content (AvgIpc) is 3.12. The molecular formula is C24H26N4O3. The van der Waals surface area contributed by atoms with Gasteiger partial charge in [-0.25, -0.2) is 4.98 Å². The van der Waals surface area contributed by atoms with Gasteiger partial charge in [0, 0.05) is 42.0 Å². The van der Waals surface area contributed by atoms with E-state index in [1.807, 2.05) is 18.2 Å². The number of nitrogens with zero attached hydrogens (tertiary/aromatic N) is 3. The second-order valence-electron chi connectivity index (χ2n) is 8.58. The van der Waals surface area contributed by atoms with Gasteiger partial charge in [0.2, 0.25) is 0 Å². The third-order valence-electron chi connectivity index (χ3n) is 6.61. The van der Waals surface area contributed by atoms with Crippen molar-refractivity contribution in [2.24, 2.45) is 0 Å².